The van der Waals surface area contributed by atoms with Gasteiger partial charge < -0.3 is 20.5 Å². The van der Waals surface area contributed by atoms with Crippen LogP contribution in [0.3, 0.4) is 0 Å². The number of rotatable bonds is 2. The summed E-state index contributed by atoms with van der Waals surface area (Å²) in [5, 5.41) is 2.82. The summed E-state index contributed by atoms with van der Waals surface area (Å²) in [6, 6.07) is 10.6. The van der Waals surface area contributed by atoms with Gasteiger partial charge in [-0.15, -0.1) is 0 Å². The molecule has 0 radical (unpaired) electrons. The van der Waals surface area contributed by atoms with Crippen molar-refractivity contribution in [3.8, 4) is 11.5 Å². The lowest BCUT2D eigenvalue weighted by Crippen LogP contribution is -2.15. The Kier molecular flexibility index (Phi) is 2.95. The third-order valence-electron chi connectivity index (χ3n) is 3.16. The molecule has 0 saturated carbocycles. The van der Waals surface area contributed by atoms with Crippen molar-refractivity contribution in [2.24, 2.45) is 0 Å². The Morgan fingerprint density at radius 2 is 2.00 bits per heavy atom. The van der Waals surface area contributed by atoms with Gasteiger partial charge in [0.2, 0.25) is 6.79 Å². The number of nitrogens with two attached hydrogens (primary N) is 1. The minimum absolute atomic E-state index is 0.206. The second kappa shape index (κ2) is 4.77. The van der Waals surface area contributed by atoms with Gasteiger partial charge in [0.15, 0.2) is 11.5 Å². The Hall–Kier alpha value is -2.69. The van der Waals surface area contributed by atoms with Crippen LogP contribution >= 0.6 is 0 Å². The maximum Gasteiger partial charge on any atom is 0.258 e. The monoisotopic (exact) mass is 270 g/mol. The number of fused-ring (bicyclic) bond motifs is 1. The molecule has 3 N–H and O–H groups in total. The Morgan fingerprint density at radius 1 is 1.20 bits per heavy atom. The molecular formula is C15H14N2O3. The van der Waals surface area contributed by atoms with Gasteiger partial charge in [-0.3, -0.25) is 4.79 Å². The van der Waals surface area contributed by atoms with Crippen LogP contribution in [-0.2, 0) is 0 Å². The predicted molar refractivity (Wildman–Crippen MR) is 76.1 cm³/mol. The number of ether oxygens (including phenoxy) is 2. The van der Waals surface area contributed by atoms with Crippen LogP contribution in [0.1, 0.15) is 15.9 Å². The fourth-order valence-electron chi connectivity index (χ4n) is 2.17. The van der Waals surface area contributed by atoms with Crippen molar-refractivity contribution < 1.29 is 14.3 Å². The SMILES string of the molecule is Cc1cccc(N)c1C(=O)Nc1ccc2c(c1)OCO2. The first-order valence-corrected chi connectivity index (χ1v) is 6.21. The fraction of sp³-hybridized carbons (Fsp3) is 0.133. The first-order valence-electron chi connectivity index (χ1n) is 6.21. The summed E-state index contributed by atoms with van der Waals surface area (Å²) in [6.45, 7) is 2.06. The van der Waals surface area contributed by atoms with Crippen LogP contribution in [0.25, 0.3) is 0 Å². The lowest BCUT2D eigenvalue weighted by Gasteiger charge is -2.10. The Bertz CT molecular complexity index is 663. The number of benzene rings is 2. The maximum absolute atomic E-state index is 12.3. The zero-order chi connectivity index (χ0) is 14.1. The van der Waals surface area contributed by atoms with Gasteiger partial charge in [-0.1, -0.05) is 12.1 Å². The van der Waals surface area contributed by atoms with Crippen molar-refractivity contribution in [3.63, 3.8) is 0 Å². The molecule has 0 saturated heterocycles. The molecule has 5 nitrogen and oxygen atoms in total. The lowest BCUT2D eigenvalue weighted by molar-refractivity contribution is 0.102. The summed E-state index contributed by atoms with van der Waals surface area (Å²) < 4.78 is 10.5. The van der Waals surface area contributed by atoms with Crippen molar-refractivity contribution in [2.45, 2.75) is 6.92 Å². The molecule has 2 aromatic rings. The molecule has 3 rings (SSSR count). The van der Waals surface area contributed by atoms with E-state index in [1.54, 1.807) is 24.3 Å². The Morgan fingerprint density at radius 3 is 2.80 bits per heavy atom. The van der Waals surface area contributed by atoms with Gasteiger partial charge in [0.05, 0.1) is 5.56 Å². The van der Waals surface area contributed by atoms with E-state index in [2.05, 4.69) is 5.32 Å². The van der Waals surface area contributed by atoms with Crippen LogP contribution in [0.2, 0.25) is 0 Å². The first-order chi connectivity index (χ1) is 9.65. The largest absolute Gasteiger partial charge is 0.454 e. The number of nitrogens with one attached hydrogen (secondary N) is 1. The summed E-state index contributed by atoms with van der Waals surface area (Å²) in [6.07, 6.45) is 0. The fourth-order valence-corrected chi connectivity index (χ4v) is 2.17. The highest BCUT2D eigenvalue weighted by Gasteiger charge is 2.16. The van der Waals surface area contributed by atoms with E-state index in [1.807, 2.05) is 19.1 Å². The van der Waals surface area contributed by atoms with Crippen LogP contribution in [0.4, 0.5) is 11.4 Å². The normalized spacial score (nSPS) is 12.2. The molecule has 0 aliphatic carbocycles. The van der Waals surface area contributed by atoms with Crippen LogP contribution in [-0.4, -0.2) is 12.7 Å². The van der Waals surface area contributed by atoms with Crippen molar-refractivity contribution in [2.75, 3.05) is 17.8 Å². The highest BCUT2D eigenvalue weighted by Crippen LogP contribution is 2.34. The Balaban J connectivity index is 1.86. The van der Waals surface area contributed by atoms with E-state index in [4.69, 9.17) is 15.2 Å². The molecule has 1 aliphatic heterocycles. The number of amides is 1. The van der Waals surface area contributed by atoms with E-state index in [0.29, 0.717) is 28.4 Å². The molecule has 2 aromatic carbocycles. The topological polar surface area (TPSA) is 73.6 Å². The molecule has 102 valence electrons. The van der Waals surface area contributed by atoms with E-state index in [0.717, 1.165) is 5.56 Å². The third kappa shape index (κ3) is 2.14. The van der Waals surface area contributed by atoms with Crippen LogP contribution < -0.4 is 20.5 Å². The molecule has 0 atom stereocenters. The van der Waals surface area contributed by atoms with Crippen molar-refractivity contribution in [3.05, 3.63) is 47.5 Å². The highest BCUT2D eigenvalue weighted by molar-refractivity contribution is 6.08. The number of nitrogen functional groups attached to an aromatic ring is 1. The minimum Gasteiger partial charge on any atom is -0.454 e. The van der Waals surface area contributed by atoms with E-state index in [1.165, 1.54) is 0 Å². The standard InChI is InChI=1S/C15H14N2O3/c1-9-3-2-4-11(16)14(9)15(18)17-10-5-6-12-13(7-10)20-8-19-12/h2-7H,8,16H2,1H3,(H,17,18). The zero-order valence-electron chi connectivity index (χ0n) is 11.0. The van der Waals surface area contributed by atoms with Crippen molar-refractivity contribution in [1.29, 1.82) is 0 Å². The average molecular weight is 270 g/mol. The summed E-state index contributed by atoms with van der Waals surface area (Å²) in [4.78, 5) is 12.3. The van der Waals surface area contributed by atoms with Crippen LogP contribution in [0, 0.1) is 6.92 Å². The van der Waals surface area contributed by atoms with Crippen LogP contribution in [0.15, 0.2) is 36.4 Å². The van der Waals surface area contributed by atoms with Crippen molar-refractivity contribution in [1.82, 2.24) is 0 Å². The van der Waals surface area contributed by atoms with Crippen molar-refractivity contribution >= 4 is 17.3 Å². The van der Waals surface area contributed by atoms with Gasteiger partial charge in [0.25, 0.3) is 5.91 Å². The van der Waals surface area contributed by atoms with Crippen LogP contribution in [0.5, 0.6) is 11.5 Å². The van der Waals surface area contributed by atoms with E-state index in [9.17, 15) is 4.79 Å². The van der Waals surface area contributed by atoms with Gasteiger partial charge in [-0.05, 0) is 30.7 Å². The zero-order valence-corrected chi connectivity index (χ0v) is 11.0. The van der Waals surface area contributed by atoms with E-state index < -0.39 is 0 Å². The smallest absolute Gasteiger partial charge is 0.258 e. The molecule has 0 aromatic heterocycles. The number of carbonyl (C=O) groups excluding carboxylic acids is 1. The number of anilines is 2. The second-order valence-corrected chi connectivity index (χ2v) is 4.56. The molecule has 0 unspecified atom stereocenters. The second-order valence-electron chi connectivity index (χ2n) is 4.56. The van der Waals surface area contributed by atoms with Gasteiger partial charge in [0.1, 0.15) is 0 Å². The number of hydrogen-bond acceptors (Lipinski definition) is 4. The number of carbonyl (C=O) groups is 1. The summed E-state index contributed by atoms with van der Waals surface area (Å²) in [7, 11) is 0. The molecular weight excluding hydrogens is 256 g/mol. The summed E-state index contributed by atoms with van der Waals surface area (Å²) in [5.41, 5.74) is 8.29. The first kappa shape index (κ1) is 12.3. The van der Waals surface area contributed by atoms with Gasteiger partial charge >= 0.3 is 0 Å². The molecule has 1 aliphatic rings. The van der Waals surface area contributed by atoms with E-state index in [-0.39, 0.29) is 12.7 Å². The van der Waals surface area contributed by atoms with Gasteiger partial charge in [-0.2, -0.15) is 0 Å². The molecule has 1 amide bonds. The molecule has 5 heteroatoms. The molecule has 1 heterocycles. The molecule has 0 spiro atoms. The summed E-state index contributed by atoms with van der Waals surface area (Å²) in [5.74, 6) is 1.07. The summed E-state index contributed by atoms with van der Waals surface area (Å²) >= 11 is 0. The predicted octanol–water partition coefficient (Wildman–Crippen LogP) is 2.56. The molecule has 20 heavy (non-hydrogen) atoms. The van der Waals surface area contributed by atoms with E-state index >= 15 is 0 Å². The molecule has 0 fully saturated rings. The maximum atomic E-state index is 12.3. The quantitative estimate of drug-likeness (QED) is 0.822. The molecule has 0 bridgehead atoms. The van der Waals surface area contributed by atoms with Gasteiger partial charge in [0, 0.05) is 17.4 Å². The number of aryl methyl sites for hydroxylation is 1. The average Bonchev–Trinajstić information content (AvgIpc) is 2.85. The van der Waals surface area contributed by atoms with Gasteiger partial charge in [-0.25, -0.2) is 0 Å². The number of hydrogen-bond donors (Lipinski definition) is 2. The Labute approximate surface area is 116 Å². The lowest BCUT2D eigenvalue weighted by atomic mass is 10.1. The highest BCUT2D eigenvalue weighted by atomic mass is 16.7. The minimum atomic E-state index is -0.237. The third-order valence-corrected chi connectivity index (χ3v) is 3.16.